The number of hydrogen-bond acceptors (Lipinski definition) is 6. The first-order valence-electron chi connectivity index (χ1n) is 7.11. The zero-order valence-electron chi connectivity index (χ0n) is 12.9. The van der Waals surface area contributed by atoms with Crippen LogP contribution in [0.4, 0.5) is 17.2 Å². The monoisotopic (exact) mass is 386 g/mol. The van der Waals surface area contributed by atoms with E-state index in [1.54, 1.807) is 31.4 Å². The molecular formula is C17H15BrN4O2. The SMILES string of the molecule is COc1ccc(Oc2ncnc(Nc3ccccc3Br)c2N)cc1. The molecule has 0 atom stereocenters. The highest BCUT2D eigenvalue weighted by Gasteiger charge is 2.11. The van der Waals surface area contributed by atoms with E-state index in [1.165, 1.54) is 6.33 Å². The number of methoxy groups -OCH3 is 1. The van der Waals surface area contributed by atoms with Gasteiger partial charge in [-0.1, -0.05) is 12.1 Å². The summed E-state index contributed by atoms with van der Waals surface area (Å²) in [7, 11) is 1.61. The van der Waals surface area contributed by atoms with E-state index in [9.17, 15) is 0 Å². The Balaban J connectivity index is 1.83. The van der Waals surface area contributed by atoms with E-state index in [-0.39, 0.29) is 5.88 Å². The number of anilines is 3. The van der Waals surface area contributed by atoms with Crippen LogP contribution in [0.15, 0.2) is 59.3 Å². The Morgan fingerprint density at radius 2 is 1.71 bits per heavy atom. The first kappa shape index (κ1) is 16.1. The Kier molecular flexibility index (Phi) is 4.81. The summed E-state index contributed by atoms with van der Waals surface area (Å²) in [4.78, 5) is 8.28. The van der Waals surface area contributed by atoms with Gasteiger partial charge in [-0.3, -0.25) is 0 Å². The summed E-state index contributed by atoms with van der Waals surface area (Å²) in [6, 6.07) is 14.8. The highest BCUT2D eigenvalue weighted by molar-refractivity contribution is 9.10. The number of rotatable bonds is 5. The van der Waals surface area contributed by atoms with Crippen LogP contribution in [-0.4, -0.2) is 17.1 Å². The van der Waals surface area contributed by atoms with Gasteiger partial charge in [0.05, 0.1) is 12.8 Å². The number of benzene rings is 2. The number of hydrogen-bond donors (Lipinski definition) is 2. The molecule has 0 bridgehead atoms. The molecule has 7 heteroatoms. The second-order valence-electron chi connectivity index (χ2n) is 4.82. The molecule has 0 fully saturated rings. The molecule has 0 saturated carbocycles. The van der Waals surface area contributed by atoms with Gasteiger partial charge in [-0.05, 0) is 52.3 Å². The highest BCUT2D eigenvalue weighted by Crippen LogP contribution is 2.33. The maximum Gasteiger partial charge on any atom is 0.248 e. The van der Waals surface area contributed by atoms with E-state index in [1.807, 2.05) is 24.3 Å². The zero-order chi connectivity index (χ0) is 16.9. The van der Waals surface area contributed by atoms with Crippen molar-refractivity contribution in [1.29, 1.82) is 0 Å². The largest absolute Gasteiger partial charge is 0.497 e. The van der Waals surface area contributed by atoms with Crippen LogP contribution in [0.2, 0.25) is 0 Å². The van der Waals surface area contributed by atoms with Crippen molar-refractivity contribution in [2.24, 2.45) is 0 Å². The Labute approximate surface area is 147 Å². The molecule has 1 aromatic heterocycles. The van der Waals surface area contributed by atoms with Crippen LogP contribution in [0.3, 0.4) is 0 Å². The van der Waals surface area contributed by atoms with Crippen LogP contribution in [0.25, 0.3) is 0 Å². The molecule has 122 valence electrons. The van der Waals surface area contributed by atoms with Crippen molar-refractivity contribution in [3.8, 4) is 17.4 Å². The number of nitrogen functional groups attached to an aromatic ring is 1. The molecule has 6 nitrogen and oxygen atoms in total. The predicted molar refractivity (Wildman–Crippen MR) is 96.9 cm³/mol. The topological polar surface area (TPSA) is 82.3 Å². The molecule has 0 amide bonds. The van der Waals surface area contributed by atoms with Gasteiger partial charge in [0.25, 0.3) is 0 Å². The molecule has 3 rings (SSSR count). The second-order valence-corrected chi connectivity index (χ2v) is 5.68. The number of nitrogens with zero attached hydrogens (tertiary/aromatic N) is 2. The van der Waals surface area contributed by atoms with Crippen molar-refractivity contribution in [2.45, 2.75) is 0 Å². The molecule has 2 aromatic carbocycles. The van der Waals surface area contributed by atoms with Crippen LogP contribution in [0, 0.1) is 0 Å². The van der Waals surface area contributed by atoms with Gasteiger partial charge in [-0.15, -0.1) is 0 Å². The molecule has 3 N–H and O–H groups in total. The van der Waals surface area contributed by atoms with E-state index >= 15 is 0 Å². The fraction of sp³-hybridized carbons (Fsp3) is 0.0588. The maximum atomic E-state index is 6.13. The van der Waals surface area contributed by atoms with Crippen molar-refractivity contribution in [3.05, 3.63) is 59.3 Å². The van der Waals surface area contributed by atoms with E-state index in [2.05, 4.69) is 31.2 Å². The molecule has 0 aliphatic heterocycles. The quantitative estimate of drug-likeness (QED) is 0.677. The van der Waals surface area contributed by atoms with Gasteiger partial charge in [-0.25, -0.2) is 4.98 Å². The van der Waals surface area contributed by atoms with Crippen molar-refractivity contribution < 1.29 is 9.47 Å². The minimum atomic E-state index is 0.282. The fourth-order valence-electron chi connectivity index (χ4n) is 2.01. The third-order valence-corrected chi connectivity index (χ3v) is 3.94. The lowest BCUT2D eigenvalue weighted by Crippen LogP contribution is -2.03. The Bertz CT molecular complexity index is 840. The fourth-order valence-corrected chi connectivity index (χ4v) is 2.39. The normalized spacial score (nSPS) is 10.2. The van der Waals surface area contributed by atoms with Crippen LogP contribution in [0.5, 0.6) is 17.4 Å². The van der Waals surface area contributed by atoms with E-state index in [4.69, 9.17) is 15.2 Å². The van der Waals surface area contributed by atoms with Gasteiger partial charge in [0, 0.05) is 4.47 Å². The maximum absolute atomic E-state index is 6.13. The predicted octanol–water partition coefficient (Wildman–Crippen LogP) is 4.37. The van der Waals surface area contributed by atoms with Crippen molar-refractivity contribution >= 4 is 33.1 Å². The number of para-hydroxylation sites is 1. The van der Waals surface area contributed by atoms with Gasteiger partial charge < -0.3 is 20.5 Å². The lowest BCUT2D eigenvalue weighted by molar-refractivity contribution is 0.412. The summed E-state index contributed by atoms with van der Waals surface area (Å²) in [6.07, 6.45) is 1.40. The summed E-state index contributed by atoms with van der Waals surface area (Å²) in [5.41, 5.74) is 7.30. The van der Waals surface area contributed by atoms with Gasteiger partial charge in [-0.2, -0.15) is 4.98 Å². The molecule has 0 unspecified atom stereocenters. The molecule has 0 aliphatic carbocycles. The van der Waals surface area contributed by atoms with E-state index in [0.717, 1.165) is 15.9 Å². The van der Waals surface area contributed by atoms with Crippen LogP contribution >= 0.6 is 15.9 Å². The average Bonchev–Trinajstić information content (AvgIpc) is 2.61. The van der Waals surface area contributed by atoms with Gasteiger partial charge in [0.2, 0.25) is 5.88 Å². The summed E-state index contributed by atoms with van der Waals surface area (Å²) in [6.45, 7) is 0. The smallest absolute Gasteiger partial charge is 0.248 e. The zero-order valence-corrected chi connectivity index (χ0v) is 14.4. The summed E-state index contributed by atoms with van der Waals surface area (Å²) < 4.78 is 11.8. The highest BCUT2D eigenvalue weighted by atomic mass is 79.9. The molecule has 0 saturated heterocycles. The molecule has 0 radical (unpaired) electrons. The summed E-state index contributed by atoms with van der Waals surface area (Å²) >= 11 is 3.47. The van der Waals surface area contributed by atoms with Crippen molar-refractivity contribution in [1.82, 2.24) is 9.97 Å². The Hall–Kier alpha value is -2.80. The van der Waals surface area contributed by atoms with E-state index in [0.29, 0.717) is 17.3 Å². The molecular weight excluding hydrogens is 372 g/mol. The molecule has 1 heterocycles. The Morgan fingerprint density at radius 1 is 1.00 bits per heavy atom. The lowest BCUT2D eigenvalue weighted by Gasteiger charge is -2.12. The second kappa shape index (κ2) is 7.18. The van der Waals surface area contributed by atoms with Gasteiger partial charge in [0.1, 0.15) is 23.5 Å². The molecule has 0 spiro atoms. The van der Waals surface area contributed by atoms with Crippen LogP contribution in [-0.2, 0) is 0 Å². The third kappa shape index (κ3) is 3.57. The van der Waals surface area contributed by atoms with Gasteiger partial charge in [0.15, 0.2) is 5.82 Å². The Morgan fingerprint density at radius 3 is 2.42 bits per heavy atom. The lowest BCUT2D eigenvalue weighted by atomic mass is 10.3. The van der Waals surface area contributed by atoms with E-state index < -0.39 is 0 Å². The first-order valence-corrected chi connectivity index (χ1v) is 7.90. The first-order chi connectivity index (χ1) is 11.7. The number of nitrogens with two attached hydrogens (primary N) is 1. The van der Waals surface area contributed by atoms with Crippen LogP contribution in [0.1, 0.15) is 0 Å². The van der Waals surface area contributed by atoms with Gasteiger partial charge >= 0.3 is 0 Å². The molecule has 24 heavy (non-hydrogen) atoms. The number of nitrogens with one attached hydrogen (secondary N) is 1. The molecule has 0 aliphatic rings. The average molecular weight is 387 g/mol. The number of ether oxygens (including phenoxy) is 2. The van der Waals surface area contributed by atoms with Crippen molar-refractivity contribution in [2.75, 3.05) is 18.2 Å². The third-order valence-electron chi connectivity index (χ3n) is 3.25. The summed E-state index contributed by atoms with van der Waals surface area (Å²) in [5, 5.41) is 3.16. The molecule has 3 aromatic rings. The standard InChI is InChI=1S/C17H15BrN4O2/c1-23-11-6-8-12(9-7-11)24-17-15(19)16(20-10-21-17)22-14-5-3-2-4-13(14)18/h2-10H,19H2,1H3,(H,20,21,22). The number of aromatic nitrogens is 2. The minimum Gasteiger partial charge on any atom is -0.497 e. The van der Waals surface area contributed by atoms with Crippen LogP contribution < -0.4 is 20.5 Å². The van der Waals surface area contributed by atoms with Crippen molar-refractivity contribution in [3.63, 3.8) is 0 Å². The summed E-state index contributed by atoms with van der Waals surface area (Å²) in [5.74, 6) is 2.10. The minimum absolute atomic E-state index is 0.282. The number of halogens is 1.